The summed E-state index contributed by atoms with van der Waals surface area (Å²) in [6, 6.07) is 2.81. The van der Waals surface area contributed by atoms with Gasteiger partial charge in [-0.2, -0.15) is 22.0 Å². The van der Waals surface area contributed by atoms with E-state index in [9.17, 15) is 22.0 Å². The van der Waals surface area contributed by atoms with Crippen LogP contribution in [-0.2, 0) is 10.7 Å². The Hall–Kier alpha value is -1.76. The van der Waals surface area contributed by atoms with Gasteiger partial charge < -0.3 is 4.74 Å². The molecular formula is C15H14F5NO. The normalized spacial score (nSPS) is 15.3. The number of hydrogen-bond donors (Lipinski definition) is 0. The van der Waals surface area contributed by atoms with Gasteiger partial charge in [0.05, 0.1) is 12.3 Å². The van der Waals surface area contributed by atoms with Crippen molar-refractivity contribution in [3.8, 4) is 0 Å². The number of alkyl halides is 5. The molecule has 1 aromatic carbocycles. The van der Waals surface area contributed by atoms with E-state index in [1.165, 1.54) is 13.2 Å². The lowest BCUT2D eigenvalue weighted by atomic mass is 10.0. The monoisotopic (exact) mass is 319 g/mol. The Morgan fingerprint density at radius 3 is 2.55 bits per heavy atom. The second kappa shape index (κ2) is 6.16. The maximum absolute atomic E-state index is 13.4. The minimum atomic E-state index is -5.63. The molecule has 0 saturated heterocycles. The van der Waals surface area contributed by atoms with Crippen LogP contribution < -0.4 is 0 Å². The van der Waals surface area contributed by atoms with Crippen molar-refractivity contribution in [2.75, 3.05) is 13.7 Å². The van der Waals surface area contributed by atoms with Crippen LogP contribution in [0.15, 0.2) is 29.3 Å². The van der Waals surface area contributed by atoms with Crippen LogP contribution in [0.5, 0.6) is 0 Å². The standard InChI is InChI=1S/C15H14F5NO/c1-22-8-7-12-4-2-3-10-5-6-11(9-13(10)21-12)14(16,17)15(18,19)20/h2-3,5-6,9H,4,7-8H2,1H3. The number of aliphatic imine (C=N–C) groups is 1. The Labute approximate surface area is 124 Å². The third kappa shape index (κ3) is 3.35. The van der Waals surface area contributed by atoms with Gasteiger partial charge >= 0.3 is 12.1 Å². The second-order valence-electron chi connectivity index (χ2n) is 4.87. The van der Waals surface area contributed by atoms with E-state index in [0.717, 1.165) is 12.1 Å². The third-order valence-electron chi connectivity index (χ3n) is 3.27. The lowest BCUT2D eigenvalue weighted by molar-refractivity contribution is -0.289. The molecule has 0 fully saturated rings. The van der Waals surface area contributed by atoms with E-state index in [1.54, 1.807) is 12.2 Å². The number of halogens is 5. The van der Waals surface area contributed by atoms with E-state index in [2.05, 4.69) is 4.99 Å². The van der Waals surface area contributed by atoms with Crippen LogP contribution in [0.1, 0.15) is 24.0 Å². The first-order valence-corrected chi connectivity index (χ1v) is 6.56. The van der Waals surface area contributed by atoms with E-state index < -0.39 is 17.7 Å². The van der Waals surface area contributed by atoms with Gasteiger partial charge in [-0.05, 0) is 11.6 Å². The van der Waals surface area contributed by atoms with Gasteiger partial charge in [-0.3, -0.25) is 4.99 Å². The van der Waals surface area contributed by atoms with Crippen molar-refractivity contribution in [1.29, 1.82) is 0 Å². The number of fused-ring (bicyclic) bond motifs is 1. The predicted molar refractivity (Wildman–Crippen MR) is 73.6 cm³/mol. The van der Waals surface area contributed by atoms with Crippen molar-refractivity contribution < 1.29 is 26.7 Å². The van der Waals surface area contributed by atoms with Crippen molar-refractivity contribution in [3.63, 3.8) is 0 Å². The molecule has 22 heavy (non-hydrogen) atoms. The lowest BCUT2D eigenvalue weighted by Crippen LogP contribution is -2.33. The molecule has 0 unspecified atom stereocenters. The summed E-state index contributed by atoms with van der Waals surface area (Å²) in [6.07, 6.45) is -1.19. The SMILES string of the molecule is COCCC1=Nc2cc(C(F)(F)C(F)(F)F)ccc2C=CC1. The van der Waals surface area contributed by atoms with Gasteiger partial charge in [-0.15, -0.1) is 0 Å². The average molecular weight is 319 g/mol. The topological polar surface area (TPSA) is 21.6 Å². The Morgan fingerprint density at radius 1 is 1.18 bits per heavy atom. The molecule has 1 heterocycles. The van der Waals surface area contributed by atoms with Gasteiger partial charge in [0.2, 0.25) is 0 Å². The molecule has 2 nitrogen and oxygen atoms in total. The highest BCUT2D eigenvalue weighted by Gasteiger charge is 2.58. The Morgan fingerprint density at radius 2 is 1.91 bits per heavy atom. The van der Waals surface area contributed by atoms with Crippen molar-refractivity contribution in [1.82, 2.24) is 0 Å². The molecule has 0 N–H and O–H groups in total. The zero-order valence-corrected chi connectivity index (χ0v) is 11.8. The minimum absolute atomic E-state index is 0.112. The fourth-order valence-corrected chi connectivity index (χ4v) is 2.06. The number of nitrogens with zero attached hydrogens (tertiary/aromatic N) is 1. The molecule has 0 saturated carbocycles. The summed E-state index contributed by atoms with van der Waals surface area (Å²) in [5.74, 6) is -4.90. The Bertz CT molecular complexity index is 604. The zero-order valence-electron chi connectivity index (χ0n) is 11.8. The molecular weight excluding hydrogens is 305 g/mol. The van der Waals surface area contributed by atoms with Gasteiger partial charge in [-0.1, -0.05) is 24.3 Å². The summed E-state index contributed by atoms with van der Waals surface area (Å²) in [4.78, 5) is 4.21. The molecule has 1 aliphatic heterocycles. The quantitative estimate of drug-likeness (QED) is 0.726. The third-order valence-corrected chi connectivity index (χ3v) is 3.27. The van der Waals surface area contributed by atoms with Gasteiger partial charge in [0.15, 0.2) is 0 Å². The smallest absolute Gasteiger partial charge is 0.384 e. The van der Waals surface area contributed by atoms with Crippen LogP contribution in [0.2, 0.25) is 0 Å². The van der Waals surface area contributed by atoms with E-state index in [4.69, 9.17) is 4.74 Å². The number of benzene rings is 1. The molecule has 0 spiro atoms. The molecule has 120 valence electrons. The maximum Gasteiger partial charge on any atom is 0.458 e. The molecule has 0 aromatic heterocycles. The largest absolute Gasteiger partial charge is 0.458 e. The van der Waals surface area contributed by atoms with Gasteiger partial charge in [0.1, 0.15) is 0 Å². The molecule has 1 aromatic rings. The van der Waals surface area contributed by atoms with Crippen molar-refractivity contribution in [3.05, 3.63) is 35.4 Å². The average Bonchev–Trinajstić information content (AvgIpc) is 2.64. The fourth-order valence-electron chi connectivity index (χ4n) is 2.06. The first-order chi connectivity index (χ1) is 10.3. The second-order valence-corrected chi connectivity index (χ2v) is 4.87. The van der Waals surface area contributed by atoms with Crippen LogP contribution >= 0.6 is 0 Å². The lowest BCUT2D eigenvalue weighted by Gasteiger charge is -2.20. The molecule has 2 rings (SSSR count). The highest BCUT2D eigenvalue weighted by molar-refractivity contribution is 5.91. The maximum atomic E-state index is 13.4. The number of methoxy groups -OCH3 is 1. The molecule has 0 amide bonds. The van der Waals surface area contributed by atoms with Gasteiger partial charge in [0.25, 0.3) is 0 Å². The summed E-state index contributed by atoms with van der Waals surface area (Å²) in [5.41, 5.74) is 0.184. The van der Waals surface area contributed by atoms with Crippen LogP contribution in [0, 0.1) is 0 Å². The summed E-state index contributed by atoms with van der Waals surface area (Å²) in [6.45, 7) is 0.403. The first-order valence-electron chi connectivity index (χ1n) is 6.56. The van der Waals surface area contributed by atoms with Gasteiger partial charge in [0, 0.05) is 31.2 Å². The highest BCUT2D eigenvalue weighted by Crippen LogP contribution is 2.45. The first kappa shape index (κ1) is 16.6. The summed E-state index contributed by atoms with van der Waals surface area (Å²) in [7, 11) is 1.52. The molecule has 1 aliphatic rings. The molecule has 0 aliphatic carbocycles. The number of ether oxygens (including phenoxy) is 1. The molecule has 7 heteroatoms. The molecule has 0 radical (unpaired) electrons. The zero-order chi connectivity index (χ0) is 16.4. The van der Waals surface area contributed by atoms with E-state index in [-0.39, 0.29) is 5.69 Å². The van der Waals surface area contributed by atoms with E-state index in [0.29, 0.717) is 30.7 Å². The number of allylic oxidation sites excluding steroid dienone is 1. The Kier molecular flexibility index (Phi) is 4.65. The molecule has 0 atom stereocenters. The summed E-state index contributed by atoms with van der Waals surface area (Å²) >= 11 is 0. The summed E-state index contributed by atoms with van der Waals surface area (Å²) < 4.78 is 69.1. The van der Waals surface area contributed by atoms with Crippen molar-refractivity contribution >= 4 is 17.5 Å². The summed E-state index contributed by atoms with van der Waals surface area (Å²) in [5, 5.41) is 0. The van der Waals surface area contributed by atoms with E-state index in [1.807, 2.05) is 0 Å². The van der Waals surface area contributed by atoms with Crippen molar-refractivity contribution in [2.45, 2.75) is 24.9 Å². The predicted octanol–water partition coefficient (Wildman–Crippen LogP) is 4.87. The highest BCUT2D eigenvalue weighted by atomic mass is 19.4. The number of hydrogen-bond acceptors (Lipinski definition) is 2. The number of rotatable bonds is 4. The fraction of sp³-hybridized carbons (Fsp3) is 0.400. The van der Waals surface area contributed by atoms with Crippen LogP contribution in [-0.4, -0.2) is 25.6 Å². The minimum Gasteiger partial charge on any atom is -0.384 e. The van der Waals surface area contributed by atoms with E-state index >= 15 is 0 Å². The molecule has 0 bridgehead atoms. The van der Waals surface area contributed by atoms with Gasteiger partial charge in [-0.25, -0.2) is 0 Å². The Balaban J connectivity index is 2.42. The van der Waals surface area contributed by atoms with Crippen LogP contribution in [0.25, 0.3) is 6.08 Å². The van der Waals surface area contributed by atoms with Crippen LogP contribution in [0.4, 0.5) is 27.6 Å². The van der Waals surface area contributed by atoms with Crippen molar-refractivity contribution in [2.24, 2.45) is 4.99 Å². The van der Waals surface area contributed by atoms with Crippen LogP contribution in [0.3, 0.4) is 0 Å².